The predicted molar refractivity (Wildman–Crippen MR) is 138 cm³/mol. The summed E-state index contributed by atoms with van der Waals surface area (Å²) >= 11 is 0. The molecule has 1 fully saturated rings. The molecule has 1 aliphatic rings. The number of pyridine rings is 1. The molecule has 186 valence electrons. The molecule has 0 saturated carbocycles. The van der Waals surface area contributed by atoms with Crippen LogP contribution in [0.25, 0.3) is 10.8 Å². The van der Waals surface area contributed by atoms with Crippen LogP contribution in [0.15, 0.2) is 36.4 Å². The Morgan fingerprint density at radius 3 is 2.06 bits per heavy atom. The zero-order valence-electron chi connectivity index (χ0n) is 20.0. The molecule has 2 heterocycles. The van der Waals surface area contributed by atoms with Gasteiger partial charge in [0.05, 0.1) is 47.3 Å². The van der Waals surface area contributed by atoms with E-state index in [1.807, 2.05) is 30.3 Å². The van der Waals surface area contributed by atoms with Crippen molar-refractivity contribution in [2.75, 3.05) is 54.7 Å². The molecule has 0 amide bonds. The fourth-order valence-corrected chi connectivity index (χ4v) is 4.09. The number of halogens is 2. The number of fused-ring (bicyclic) bond motifs is 1. The van der Waals surface area contributed by atoms with Crippen molar-refractivity contribution in [2.45, 2.75) is 13.0 Å². The van der Waals surface area contributed by atoms with Crippen LogP contribution < -0.4 is 18.9 Å². The second-order valence-electron chi connectivity index (χ2n) is 7.74. The average Bonchev–Trinajstić information content (AvgIpc) is 2.83. The van der Waals surface area contributed by atoms with Crippen LogP contribution in [-0.4, -0.2) is 64.6 Å². The monoisotopic (exact) mass is 510 g/mol. The maximum absolute atomic E-state index is 5.55. The zero-order valence-corrected chi connectivity index (χ0v) is 21.6. The van der Waals surface area contributed by atoms with Crippen LogP contribution in [0.2, 0.25) is 0 Å². The largest absolute Gasteiger partial charge is 0.493 e. The van der Waals surface area contributed by atoms with Gasteiger partial charge in [0.15, 0.2) is 23.0 Å². The van der Waals surface area contributed by atoms with Gasteiger partial charge in [0.25, 0.3) is 0 Å². The molecule has 0 spiro atoms. The number of ether oxygens (including phenoxy) is 5. The molecule has 4 rings (SSSR count). The third-order valence-corrected chi connectivity index (χ3v) is 5.78. The summed E-state index contributed by atoms with van der Waals surface area (Å²) in [5.41, 5.74) is 3.12. The first-order valence-electron chi connectivity index (χ1n) is 10.7. The van der Waals surface area contributed by atoms with Gasteiger partial charge in [0, 0.05) is 37.1 Å². The minimum atomic E-state index is 0. The lowest BCUT2D eigenvalue weighted by molar-refractivity contribution is 0.0338. The molecule has 0 unspecified atom stereocenters. The Bertz CT molecular complexity index is 1090. The van der Waals surface area contributed by atoms with Crippen molar-refractivity contribution in [1.29, 1.82) is 0 Å². The van der Waals surface area contributed by atoms with Gasteiger partial charge in [-0.1, -0.05) is 6.07 Å². The molecule has 2 aromatic carbocycles. The second kappa shape index (κ2) is 12.9. The number of rotatable bonds is 8. The Morgan fingerprint density at radius 2 is 1.41 bits per heavy atom. The van der Waals surface area contributed by atoms with Crippen LogP contribution in [0, 0.1) is 0 Å². The van der Waals surface area contributed by atoms with E-state index in [9.17, 15) is 0 Å². The van der Waals surface area contributed by atoms with Crippen molar-refractivity contribution in [3.8, 4) is 23.0 Å². The van der Waals surface area contributed by atoms with Gasteiger partial charge >= 0.3 is 0 Å². The molecule has 0 N–H and O–H groups in total. The summed E-state index contributed by atoms with van der Waals surface area (Å²) in [6.07, 6.45) is 0.681. The van der Waals surface area contributed by atoms with Crippen molar-refractivity contribution in [1.82, 2.24) is 9.88 Å². The molecule has 7 nitrogen and oxygen atoms in total. The second-order valence-corrected chi connectivity index (χ2v) is 7.74. The summed E-state index contributed by atoms with van der Waals surface area (Å²) in [5.74, 6) is 2.84. The Labute approximate surface area is 213 Å². The summed E-state index contributed by atoms with van der Waals surface area (Å²) < 4.78 is 27.4. The van der Waals surface area contributed by atoms with Gasteiger partial charge in [-0.15, -0.1) is 24.8 Å². The standard InChI is InChI=1S/C25H30N2O5.2ClH/c1-28-22-6-5-17(12-23(22)29-2)11-19-13-18-14-24(30-3)25(31-4)15-20(18)21(26-19)16-27-7-9-32-10-8-27;;/h5-6,12-15H,7-11,16H2,1-4H3;2*1H. The van der Waals surface area contributed by atoms with E-state index >= 15 is 0 Å². The van der Waals surface area contributed by atoms with Gasteiger partial charge in [-0.05, 0) is 41.3 Å². The van der Waals surface area contributed by atoms with Crippen molar-refractivity contribution in [3.05, 3.63) is 53.3 Å². The number of benzene rings is 2. The van der Waals surface area contributed by atoms with Crippen LogP contribution in [0.1, 0.15) is 17.0 Å². The Hall–Kier alpha value is -2.45. The molecule has 0 radical (unpaired) electrons. The van der Waals surface area contributed by atoms with Crippen molar-refractivity contribution < 1.29 is 23.7 Å². The van der Waals surface area contributed by atoms with Crippen LogP contribution in [0.5, 0.6) is 23.0 Å². The lowest BCUT2D eigenvalue weighted by Gasteiger charge is -2.27. The summed E-state index contributed by atoms with van der Waals surface area (Å²) in [5, 5.41) is 2.15. The molecule has 9 heteroatoms. The molecule has 0 aliphatic carbocycles. The Kier molecular flexibility index (Phi) is 10.5. The minimum Gasteiger partial charge on any atom is -0.493 e. The normalized spacial score (nSPS) is 13.5. The van der Waals surface area contributed by atoms with Gasteiger partial charge in [0.1, 0.15) is 0 Å². The van der Waals surface area contributed by atoms with E-state index in [4.69, 9.17) is 28.7 Å². The summed E-state index contributed by atoms with van der Waals surface area (Å²) in [6.45, 7) is 4.06. The molecular weight excluding hydrogens is 479 g/mol. The molecule has 1 aromatic heterocycles. The van der Waals surface area contributed by atoms with E-state index in [1.54, 1.807) is 28.4 Å². The van der Waals surface area contributed by atoms with Crippen LogP contribution in [0.3, 0.4) is 0 Å². The molecule has 34 heavy (non-hydrogen) atoms. The summed E-state index contributed by atoms with van der Waals surface area (Å²) in [4.78, 5) is 7.45. The summed E-state index contributed by atoms with van der Waals surface area (Å²) in [7, 11) is 6.60. The van der Waals surface area contributed by atoms with Gasteiger partial charge in [0.2, 0.25) is 0 Å². The van der Waals surface area contributed by atoms with E-state index < -0.39 is 0 Å². The van der Waals surface area contributed by atoms with Gasteiger partial charge in [-0.25, -0.2) is 0 Å². The lowest BCUT2D eigenvalue weighted by Crippen LogP contribution is -2.36. The maximum atomic E-state index is 5.55. The first-order chi connectivity index (χ1) is 15.6. The number of aromatic nitrogens is 1. The number of hydrogen-bond acceptors (Lipinski definition) is 7. The Balaban J connectivity index is 0.00000204. The molecular formula is C25H32Cl2N2O5. The van der Waals surface area contributed by atoms with Crippen molar-refractivity contribution in [3.63, 3.8) is 0 Å². The van der Waals surface area contributed by atoms with Gasteiger partial charge < -0.3 is 23.7 Å². The topological polar surface area (TPSA) is 62.3 Å². The van der Waals surface area contributed by atoms with Crippen LogP contribution in [-0.2, 0) is 17.7 Å². The Morgan fingerprint density at radius 1 is 0.794 bits per heavy atom. The first kappa shape index (κ1) is 27.8. The van der Waals surface area contributed by atoms with Gasteiger partial charge in [-0.3, -0.25) is 9.88 Å². The van der Waals surface area contributed by atoms with E-state index in [1.165, 1.54) is 0 Å². The van der Waals surface area contributed by atoms with Gasteiger partial charge in [-0.2, -0.15) is 0 Å². The highest BCUT2D eigenvalue weighted by molar-refractivity contribution is 5.88. The quantitative estimate of drug-likeness (QED) is 0.440. The number of methoxy groups -OCH3 is 4. The van der Waals surface area contributed by atoms with E-state index in [2.05, 4.69) is 11.0 Å². The third-order valence-electron chi connectivity index (χ3n) is 5.78. The number of morpholine rings is 1. The highest BCUT2D eigenvalue weighted by Crippen LogP contribution is 2.35. The third kappa shape index (κ3) is 6.16. The lowest BCUT2D eigenvalue weighted by atomic mass is 10.0. The maximum Gasteiger partial charge on any atom is 0.161 e. The van der Waals surface area contributed by atoms with Crippen molar-refractivity contribution >= 4 is 35.6 Å². The first-order valence-corrected chi connectivity index (χ1v) is 10.7. The van der Waals surface area contributed by atoms with Crippen LogP contribution >= 0.6 is 24.8 Å². The predicted octanol–water partition coefficient (Wildman–Crippen LogP) is 4.54. The molecule has 1 aliphatic heterocycles. The molecule has 0 bridgehead atoms. The number of hydrogen-bond donors (Lipinski definition) is 0. The van der Waals surface area contributed by atoms with E-state index in [-0.39, 0.29) is 24.8 Å². The average molecular weight is 511 g/mol. The van der Waals surface area contributed by atoms with Crippen molar-refractivity contribution in [2.24, 2.45) is 0 Å². The summed E-state index contributed by atoms with van der Waals surface area (Å²) in [6, 6.07) is 12.1. The minimum absolute atomic E-state index is 0. The van der Waals surface area contributed by atoms with Crippen LogP contribution in [0.4, 0.5) is 0 Å². The fourth-order valence-electron chi connectivity index (χ4n) is 4.09. The molecule has 0 atom stereocenters. The highest BCUT2D eigenvalue weighted by atomic mass is 35.5. The van der Waals surface area contributed by atoms with E-state index in [0.717, 1.165) is 60.6 Å². The fraction of sp³-hybridized carbons (Fsp3) is 0.400. The van der Waals surface area contributed by atoms with E-state index in [0.29, 0.717) is 29.4 Å². The molecule has 1 saturated heterocycles. The molecule has 3 aromatic rings. The zero-order chi connectivity index (χ0) is 22.5. The number of nitrogens with zero attached hydrogens (tertiary/aromatic N) is 2. The highest BCUT2D eigenvalue weighted by Gasteiger charge is 2.17. The SMILES string of the molecule is COc1ccc(Cc2cc3cc(OC)c(OC)cc3c(CN3CCOCC3)n2)cc1OC.Cl.Cl. The smallest absolute Gasteiger partial charge is 0.161 e.